The normalized spacial score (nSPS) is 23.2. The lowest BCUT2D eigenvalue weighted by Crippen LogP contribution is -2.42. The van der Waals surface area contributed by atoms with Gasteiger partial charge in [-0.3, -0.25) is 9.35 Å². The third-order valence-corrected chi connectivity index (χ3v) is 9.98. The molecule has 4 rings (SSSR count). The third kappa shape index (κ3) is 6.20. The summed E-state index contributed by atoms with van der Waals surface area (Å²) in [5.41, 5.74) is 4.88. The molecule has 37 heavy (non-hydrogen) atoms. The van der Waals surface area contributed by atoms with Crippen LogP contribution in [0.4, 0.5) is 0 Å². The van der Waals surface area contributed by atoms with E-state index in [0.29, 0.717) is 18.8 Å². The number of carbonyl (C=O) groups excluding carboxylic acids is 1. The average molecular weight is 527 g/mol. The fourth-order valence-electron chi connectivity index (χ4n) is 6.16. The van der Waals surface area contributed by atoms with Crippen LogP contribution in [0.25, 0.3) is 0 Å². The number of hydrogen-bond acceptors (Lipinski definition) is 3. The van der Waals surface area contributed by atoms with E-state index in [0.717, 1.165) is 6.42 Å². The van der Waals surface area contributed by atoms with E-state index in [1.165, 1.54) is 22.3 Å². The van der Waals surface area contributed by atoms with Gasteiger partial charge in [-0.15, -0.1) is 0 Å². The van der Waals surface area contributed by atoms with Crippen LogP contribution in [0, 0.1) is 16.7 Å². The minimum atomic E-state index is -4.08. The summed E-state index contributed by atoms with van der Waals surface area (Å²) in [6, 6.07) is 18.2. The van der Waals surface area contributed by atoms with Crippen molar-refractivity contribution < 1.29 is 17.8 Å². The van der Waals surface area contributed by atoms with E-state index in [1.807, 2.05) is 13.8 Å². The Bertz CT molecular complexity index is 1150. The molecule has 0 saturated heterocycles. The molecule has 2 aliphatic rings. The lowest BCUT2D eigenvalue weighted by Gasteiger charge is -2.35. The van der Waals surface area contributed by atoms with Crippen molar-refractivity contribution in [2.45, 2.75) is 98.3 Å². The summed E-state index contributed by atoms with van der Waals surface area (Å²) in [5.74, 6) is 0.332. The Hall–Kier alpha value is -1.98. The predicted octanol–water partition coefficient (Wildman–Crippen LogP) is 7.70. The van der Waals surface area contributed by atoms with E-state index in [9.17, 15) is 13.2 Å². The van der Waals surface area contributed by atoms with Crippen LogP contribution in [-0.2, 0) is 25.7 Å². The Morgan fingerprint density at radius 1 is 0.865 bits per heavy atom. The quantitative estimate of drug-likeness (QED) is 0.414. The van der Waals surface area contributed by atoms with E-state index < -0.39 is 21.3 Å². The first-order chi connectivity index (χ1) is 16.8. The van der Waals surface area contributed by atoms with Gasteiger partial charge in [0.05, 0.1) is 11.2 Å². The van der Waals surface area contributed by atoms with Gasteiger partial charge < -0.3 is 0 Å². The Morgan fingerprint density at radius 3 is 1.54 bits per heavy atom. The Balaban J connectivity index is 0.000000220. The van der Waals surface area contributed by atoms with Gasteiger partial charge >= 0.3 is 0 Å². The Kier molecular flexibility index (Phi) is 7.96. The number of Topliss-reactive ketones (excluding diaryl/α,β-unsaturated/α-hetero) is 1. The molecule has 5 heteroatoms. The van der Waals surface area contributed by atoms with Crippen LogP contribution in [0.5, 0.6) is 0 Å². The topological polar surface area (TPSA) is 71.4 Å². The SMILES string of the molecule is CC(c1ccc(C(C)(C)C)cc1)c1ccc(C(C)(C)C)cc1.CC1(C)C2CCC1(CS(=O)(=O)O)C(=O)C2. The summed E-state index contributed by atoms with van der Waals surface area (Å²) in [5, 5.41) is 0. The second-order valence-corrected chi connectivity index (χ2v) is 15.3. The smallest absolute Gasteiger partial charge is 0.265 e. The van der Waals surface area contributed by atoms with Gasteiger partial charge in [0.2, 0.25) is 0 Å². The van der Waals surface area contributed by atoms with Crippen molar-refractivity contribution in [3.8, 4) is 0 Å². The molecular formula is C32H46O4S. The molecule has 2 fully saturated rings. The van der Waals surface area contributed by atoms with Crippen molar-refractivity contribution in [1.29, 1.82) is 0 Å². The molecule has 2 aliphatic carbocycles. The highest BCUT2D eigenvalue weighted by Crippen LogP contribution is 2.64. The van der Waals surface area contributed by atoms with Gasteiger partial charge in [0.25, 0.3) is 10.1 Å². The summed E-state index contributed by atoms with van der Waals surface area (Å²) in [4.78, 5) is 11.9. The first kappa shape index (κ1) is 29.6. The van der Waals surface area contributed by atoms with Crippen molar-refractivity contribution in [3.05, 3.63) is 70.8 Å². The Morgan fingerprint density at radius 2 is 1.27 bits per heavy atom. The summed E-state index contributed by atoms with van der Waals surface area (Å²) < 4.78 is 31.0. The second-order valence-electron chi connectivity index (χ2n) is 13.9. The zero-order valence-electron chi connectivity index (χ0n) is 24.2. The average Bonchev–Trinajstić information content (AvgIpc) is 3.11. The molecular weight excluding hydrogens is 480 g/mol. The third-order valence-electron chi connectivity index (χ3n) is 9.12. The Labute approximate surface area is 225 Å². The van der Waals surface area contributed by atoms with E-state index in [1.54, 1.807) is 0 Å². The van der Waals surface area contributed by atoms with Gasteiger partial charge in [-0.05, 0) is 57.3 Å². The molecule has 1 N–H and O–H groups in total. The molecule has 0 amide bonds. The molecule has 204 valence electrons. The zero-order valence-corrected chi connectivity index (χ0v) is 25.0. The van der Waals surface area contributed by atoms with Crippen LogP contribution in [0.2, 0.25) is 0 Å². The van der Waals surface area contributed by atoms with Crippen molar-refractivity contribution >= 4 is 15.9 Å². The van der Waals surface area contributed by atoms with Gasteiger partial charge in [-0.2, -0.15) is 8.42 Å². The molecule has 2 aromatic rings. The molecule has 0 radical (unpaired) electrons. The molecule has 2 aromatic carbocycles. The monoisotopic (exact) mass is 526 g/mol. The zero-order chi connectivity index (χ0) is 28.0. The first-order valence-corrected chi connectivity index (χ1v) is 15.1. The lowest BCUT2D eigenvalue weighted by atomic mass is 9.70. The molecule has 0 heterocycles. The maximum absolute atomic E-state index is 11.9. The molecule has 0 spiro atoms. The molecule has 2 saturated carbocycles. The highest BCUT2D eigenvalue weighted by molar-refractivity contribution is 7.85. The number of carbonyl (C=O) groups is 1. The number of fused-ring (bicyclic) bond motifs is 2. The van der Waals surface area contributed by atoms with Crippen LogP contribution in [0.3, 0.4) is 0 Å². The van der Waals surface area contributed by atoms with Crippen molar-refractivity contribution in [2.75, 3.05) is 5.75 Å². The number of ketones is 1. The molecule has 0 aromatic heterocycles. The summed E-state index contributed by atoms with van der Waals surface area (Å²) in [6.45, 7) is 19.7. The molecule has 0 aliphatic heterocycles. The molecule has 4 nitrogen and oxygen atoms in total. The van der Waals surface area contributed by atoms with Gasteiger partial charge in [0, 0.05) is 12.3 Å². The number of hydrogen-bond donors (Lipinski definition) is 1. The van der Waals surface area contributed by atoms with E-state index in [4.69, 9.17) is 4.55 Å². The minimum Gasteiger partial charge on any atom is -0.299 e. The van der Waals surface area contributed by atoms with Crippen LogP contribution in [-0.4, -0.2) is 24.5 Å². The highest BCUT2D eigenvalue weighted by Gasteiger charge is 2.65. The highest BCUT2D eigenvalue weighted by atomic mass is 32.2. The van der Waals surface area contributed by atoms with Gasteiger partial charge in [-0.25, -0.2) is 0 Å². The molecule has 2 unspecified atom stereocenters. The summed E-state index contributed by atoms with van der Waals surface area (Å²) in [7, 11) is -4.08. The first-order valence-electron chi connectivity index (χ1n) is 13.5. The lowest BCUT2D eigenvalue weighted by molar-refractivity contribution is -0.128. The van der Waals surface area contributed by atoms with Crippen LogP contribution in [0.1, 0.15) is 110 Å². The number of rotatable bonds is 4. The maximum atomic E-state index is 11.9. The predicted molar refractivity (Wildman–Crippen MR) is 153 cm³/mol. The van der Waals surface area contributed by atoms with Crippen molar-refractivity contribution in [1.82, 2.24) is 0 Å². The van der Waals surface area contributed by atoms with Gasteiger partial charge in [-0.1, -0.05) is 111 Å². The van der Waals surface area contributed by atoms with Gasteiger partial charge in [0.15, 0.2) is 0 Å². The molecule has 2 bridgehead atoms. The van der Waals surface area contributed by atoms with Gasteiger partial charge in [0.1, 0.15) is 5.78 Å². The largest absolute Gasteiger partial charge is 0.299 e. The van der Waals surface area contributed by atoms with Crippen LogP contribution < -0.4 is 0 Å². The standard InChI is InChI=1S/C22H30.C10H16O4S/c1-16(17-8-12-19(13-9-17)21(2,3)4)18-10-14-20(15-11-18)22(5,6)7;1-9(2)7-3-4-10(9,8(11)5-7)6-15(12,13)14/h8-16H,1-7H3;7H,3-6H2,1-2H3,(H,12,13,14). The minimum absolute atomic E-state index is 0.0152. The van der Waals surface area contributed by atoms with E-state index in [2.05, 4.69) is 97.0 Å². The van der Waals surface area contributed by atoms with E-state index in [-0.39, 0.29) is 27.9 Å². The fraction of sp³-hybridized carbons (Fsp3) is 0.594. The number of benzene rings is 2. The van der Waals surface area contributed by atoms with Crippen LogP contribution >= 0.6 is 0 Å². The summed E-state index contributed by atoms with van der Waals surface area (Å²) in [6.07, 6.45) is 1.97. The van der Waals surface area contributed by atoms with E-state index >= 15 is 0 Å². The molecule has 2 atom stereocenters. The van der Waals surface area contributed by atoms with Crippen molar-refractivity contribution in [2.24, 2.45) is 16.7 Å². The second kappa shape index (κ2) is 9.96. The van der Waals surface area contributed by atoms with Crippen LogP contribution in [0.15, 0.2) is 48.5 Å². The summed E-state index contributed by atoms with van der Waals surface area (Å²) >= 11 is 0. The van der Waals surface area contributed by atoms with Crippen molar-refractivity contribution in [3.63, 3.8) is 0 Å². The fourth-order valence-corrected chi connectivity index (χ4v) is 7.46. The maximum Gasteiger partial charge on any atom is 0.265 e.